The van der Waals surface area contributed by atoms with Gasteiger partial charge in [-0.3, -0.25) is 19.2 Å². The van der Waals surface area contributed by atoms with E-state index in [0.29, 0.717) is 5.56 Å². The number of carboxylic acids is 1. The van der Waals surface area contributed by atoms with Gasteiger partial charge in [0.05, 0.1) is 12.5 Å². The van der Waals surface area contributed by atoms with Crippen LogP contribution >= 0.6 is 12.6 Å². The third-order valence-corrected chi connectivity index (χ3v) is 5.27. The number of hydrogen-bond acceptors (Lipinski definition) is 8. The molecule has 4 unspecified atom stereocenters. The maximum Gasteiger partial charge on any atom is 0.327 e. The third kappa shape index (κ3) is 10.6. The van der Waals surface area contributed by atoms with E-state index in [1.165, 1.54) is 12.1 Å². The summed E-state index contributed by atoms with van der Waals surface area (Å²) in [5.74, 6) is -4.51. The van der Waals surface area contributed by atoms with Crippen LogP contribution in [0, 0.1) is 5.92 Å². The van der Waals surface area contributed by atoms with Gasteiger partial charge in [0.2, 0.25) is 23.6 Å². The Kier molecular flexibility index (Phi) is 12.0. The van der Waals surface area contributed by atoms with Crippen molar-refractivity contribution < 1.29 is 34.2 Å². The van der Waals surface area contributed by atoms with E-state index < -0.39 is 60.2 Å². The highest BCUT2D eigenvalue weighted by Gasteiger charge is 2.30. The first kappa shape index (κ1) is 29.7. The highest BCUT2D eigenvalue weighted by Crippen LogP contribution is 2.13. The van der Waals surface area contributed by atoms with E-state index in [1.807, 2.05) is 13.8 Å². The molecule has 0 heterocycles. The number of carbonyl (C=O) groups excluding carboxylic acids is 4. The van der Waals surface area contributed by atoms with E-state index >= 15 is 0 Å². The topological polar surface area (TPSA) is 214 Å². The maximum absolute atomic E-state index is 13.1. The predicted octanol–water partition coefficient (Wildman–Crippen LogP) is -1.35. The molecular weight excluding hydrogens is 478 g/mol. The molecule has 0 fully saturated rings. The first-order valence-corrected chi connectivity index (χ1v) is 11.5. The first-order chi connectivity index (χ1) is 16.3. The molecule has 4 atom stereocenters. The smallest absolute Gasteiger partial charge is 0.327 e. The van der Waals surface area contributed by atoms with Gasteiger partial charge in [-0.05, 0) is 30.0 Å². The summed E-state index contributed by atoms with van der Waals surface area (Å²) in [7, 11) is 0. The Bertz CT molecular complexity index is 910. The number of primary amides is 1. The van der Waals surface area contributed by atoms with Crippen molar-refractivity contribution in [1.29, 1.82) is 0 Å². The van der Waals surface area contributed by atoms with Gasteiger partial charge in [-0.1, -0.05) is 26.0 Å². The largest absolute Gasteiger partial charge is 0.508 e. The molecule has 4 amide bonds. The summed E-state index contributed by atoms with van der Waals surface area (Å²) in [6, 6.07) is 1.07. The van der Waals surface area contributed by atoms with Crippen LogP contribution in [0.3, 0.4) is 0 Å². The summed E-state index contributed by atoms with van der Waals surface area (Å²) in [5.41, 5.74) is 11.3. The predicted molar refractivity (Wildman–Crippen MR) is 130 cm³/mol. The highest BCUT2D eigenvalue weighted by atomic mass is 32.1. The number of rotatable bonds is 14. The Balaban J connectivity index is 3.12. The number of nitrogens with one attached hydrogen (secondary N) is 3. The minimum atomic E-state index is -1.29. The molecular formula is C22H33N5O7S. The molecule has 0 aromatic heterocycles. The minimum Gasteiger partial charge on any atom is -0.508 e. The maximum atomic E-state index is 13.1. The fraction of sp³-hybridized carbons (Fsp3) is 0.500. The Morgan fingerprint density at radius 1 is 0.914 bits per heavy atom. The summed E-state index contributed by atoms with van der Waals surface area (Å²) in [6.07, 6.45) is -0.239. The molecule has 9 N–H and O–H groups in total. The number of aromatic hydroxyl groups is 1. The molecule has 0 saturated heterocycles. The Hall–Kier alpha value is -3.32. The standard InChI is InChI=1S/C22H33N5O7S/c1-11(2)7-15(25-19(30)14(23)9-18(24)29)20(31)26-16(8-12-3-5-13(28)6-4-12)21(32)27-17(10-35)22(33)34/h3-6,11,14-17,28,35H,7-10,23H2,1-2H3,(H2,24,29)(H,25,30)(H,26,31)(H,27,32)(H,33,34). The normalized spacial score (nSPS) is 14.3. The number of carboxylic acid groups (broad SMARTS) is 1. The van der Waals surface area contributed by atoms with Gasteiger partial charge in [0.25, 0.3) is 0 Å². The molecule has 12 nitrogen and oxygen atoms in total. The van der Waals surface area contributed by atoms with Gasteiger partial charge in [0, 0.05) is 12.2 Å². The van der Waals surface area contributed by atoms with Crippen molar-refractivity contribution in [2.45, 2.75) is 57.3 Å². The fourth-order valence-corrected chi connectivity index (χ4v) is 3.35. The van der Waals surface area contributed by atoms with E-state index in [-0.39, 0.29) is 30.3 Å². The van der Waals surface area contributed by atoms with Crippen LogP contribution in [0.4, 0.5) is 0 Å². The molecule has 13 heteroatoms. The van der Waals surface area contributed by atoms with E-state index in [1.54, 1.807) is 12.1 Å². The van der Waals surface area contributed by atoms with Crippen LogP contribution in [0.15, 0.2) is 24.3 Å². The van der Waals surface area contributed by atoms with Crippen LogP contribution in [0.1, 0.15) is 32.3 Å². The van der Waals surface area contributed by atoms with Crippen molar-refractivity contribution in [3.05, 3.63) is 29.8 Å². The lowest BCUT2D eigenvalue weighted by molar-refractivity contribution is -0.141. The quantitative estimate of drug-likeness (QED) is 0.139. The number of benzene rings is 1. The van der Waals surface area contributed by atoms with Crippen LogP contribution in [0.25, 0.3) is 0 Å². The number of phenolic OH excluding ortho intramolecular Hbond substituents is 1. The van der Waals surface area contributed by atoms with Gasteiger partial charge in [0.15, 0.2) is 0 Å². The van der Waals surface area contributed by atoms with Crippen molar-refractivity contribution >= 4 is 42.2 Å². The zero-order valence-corrected chi connectivity index (χ0v) is 20.5. The van der Waals surface area contributed by atoms with E-state index in [0.717, 1.165) is 0 Å². The third-order valence-electron chi connectivity index (χ3n) is 4.90. The lowest BCUT2D eigenvalue weighted by Crippen LogP contribution is -2.58. The second kappa shape index (κ2) is 14.2. The van der Waals surface area contributed by atoms with Crippen LogP contribution in [0.2, 0.25) is 0 Å². The van der Waals surface area contributed by atoms with Crippen LogP contribution in [-0.2, 0) is 30.4 Å². The van der Waals surface area contributed by atoms with Crippen molar-refractivity contribution in [2.24, 2.45) is 17.4 Å². The van der Waals surface area contributed by atoms with Gasteiger partial charge < -0.3 is 37.6 Å². The van der Waals surface area contributed by atoms with Crippen molar-refractivity contribution in [3.63, 3.8) is 0 Å². The Morgan fingerprint density at radius 2 is 1.43 bits per heavy atom. The van der Waals surface area contributed by atoms with Gasteiger partial charge in [-0.2, -0.15) is 12.6 Å². The lowest BCUT2D eigenvalue weighted by Gasteiger charge is -2.26. The fourth-order valence-electron chi connectivity index (χ4n) is 3.10. The summed E-state index contributed by atoms with van der Waals surface area (Å²) in [6.45, 7) is 3.64. The zero-order valence-electron chi connectivity index (χ0n) is 19.6. The second-order valence-electron chi connectivity index (χ2n) is 8.48. The molecule has 0 aliphatic rings. The molecule has 0 aliphatic heterocycles. The van der Waals surface area contributed by atoms with Crippen LogP contribution < -0.4 is 27.4 Å². The molecule has 1 rings (SSSR count). The second-order valence-corrected chi connectivity index (χ2v) is 8.85. The van der Waals surface area contributed by atoms with E-state index in [2.05, 4.69) is 28.6 Å². The molecule has 0 spiro atoms. The average Bonchev–Trinajstić information content (AvgIpc) is 2.76. The number of amides is 4. The van der Waals surface area contributed by atoms with Gasteiger partial charge in [-0.25, -0.2) is 4.79 Å². The number of thiol groups is 1. The Morgan fingerprint density at radius 3 is 1.91 bits per heavy atom. The summed E-state index contributed by atoms with van der Waals surface area (Å²) in [4.78, 5) is 60.8. The van der Waals surface area contributed by atoms with Gasteiger partial charge in [-0.15, -0.1) is 0 Å². The summed E-state index contributed by atoms with van der Waals surface area (Å²) in [5, 5.41) is 26.1. The van der Waals surface area contributed by atoms with Crippen LogP contribution in [-0.4, -0.2) is 69.7 Å². The molecule has 0 radical (unpaired) electrons. The molecule has 194 valence electrons. The molecule has 1 aromatic rings. The number of aliphatic carboxylic acids is 1. The first-order valence-electron chi connectivity index (χ1n) is 10.9. The number of hydrogen-bond donors (Lipinski definition) is 8. The highest BCUT2D eigenvalue weighted by molar-refractivity contribution is 7.80. The SMILES string of the molecule is CC(C)CC(NC(=O)C(N)CC(N)=O)C(=O)NC(Cc1ccc(O)cc1)C(=O)NC(CS)C(=O)O. The molecule has 1 aromatic carbocycles. The molecule has 0 saturated carbocycles. The van der Waals surface area contributed by atoms with E-state index in [4.69, 9.17) is 11.5 Å². The minimum absolute atomic E-state index is 0.00631. The van der Waals surface area contributed by atoms with Crippen molar-refractivity contribution in [1.82, 2.24) is 16.0 Å². The summed E-state index contributed by atoms with van der Waals surface area (Å²) < 4.78 is 0. The molecule has 35 heavy (non-hydrogen) atoms. The van der Waals surface area contributed by atoms with E-state index in [9.17, 15) is 34.2 Å². The lowest BCUT2D eigenvalue weighted by atomic mass is 10.0. The van der Waals surface area contributed by atoms with Gasteiger partial charge in [0.1, 0.15) is 23.9 Å². The number of phenols is 1. The van der Waals surface area contributed by atoms with Gasteiger partial charge >= 0.3 is 5.97 Å². The number of nitrogens with two attached hydrogens (primary N) is 2. The van der Waals surface area contributed by atoms with Crippen LogP contribution in [0.5, 0.6) is 5.75 Å². The number of carbonyl (C=O) groups is 5. The average molecular weight is 512 g/mol. The zero-order chi connectivity index (χ0) is 26.7. The monoisotopic (exact) mass is 511 g/mol. The van der Waals surface area contributed by atoms with Crippen molar-refractivity contribution in [2.75, 3.05) is 5.75 Å². The summed E-state index contributed by atoms with van der Waals surface area (Å²) >= 11 is 3.93. The molecule has 0 aliphatic carbocycles. The Labute approximate surface area is 208 Å². The van der Waals surface area contributed by atoms with Crippen molar-refractivity contribution in [3.8, 4) is 5.75 Å². The molecule has 0 bridgehead atoms.